The van der Waals surface area contributed by atoms with Crippen molar-refractivity contribution >= 4 is 32.8 Å². The lowest BCUT2D eigenvalue weighted by Crippen LogP contribution is -2.29. The summed E-state index contributed by atoms with van der Waals surface area (Å²) in [5.41, 5.74) is 1.09. The van der Waals surface area contributed by atoms with E-state index >= 15 is 0 Å². The predicted octanol–water partition coefficient (Wildman–Crippen LogP) is 4.60. The Labute approximate surface area is 173 Å². The smallest absolute Gasteiger partial charge is 0.291 e. The van der Waals surface area contributed by atoms with Crippen molar-refractivity contribution in [3.63, 3.8) is 0 Å². The zero-order valence-electron chi connectivity index (χ0n) is 15.0. The number of rotatable bonds is 3. The Hall–Kier alpha value is -3.32. The summed E-state index contributed by atoms with van der Waals surface area (Å²) in [5, 5.41) is 10.1. The number of phenols is 1. The monoisotopic (exact) mass is 451 g/mol. The van der Waals surface area contributed by atoms with E-state index in [1.54, 1.807) is 47.4 Å². The van der Waals surface area contributed by atoms with Gasteiger partial charge in [0.2, 0.25) is 5.76 Å². The number of nitrogens with zero attached hydrogens (tertiary/aromatic N) is 1. The minimum atomic E-state index is -0.650. The van der Waals surface area contributed by atoms with Crippen LogP contribution in [0.25, 0.3) is 11.0 Å². The second-order valence-corrected chi connectivity index (χ2v) is 7.74. The Kier molecular flexibility index (Phi) is 4.06. The fourth-order valence-electron chi connectivity index (χ4n) is 3.73. The molecule has 144 valence electrons. The molecule has 3 heterocycles. The molecule has 5 rings (SSSR count). The SMILES string of the molecule is O=C1c2oc3ccc(Br)cc3c(=O)c2[C@@H](c2ccc(O)cc2)N1Cc1ccco1. The minimum absolute atomic E-state index is 0.0365. The number of fused-ring (bicyclic) bond motifs is 2. The number of carbonyl (C=O) groups excluding carboxylic acids is 1. The van der Waals surface area contributed by atoms with Gasteiger partial charge in [-0.1, -0.05) is 28.1 Å². The van der Waals surface area contributed by atoms with Gasteiger partial charge in [-0.2, -0.15) is 0 Å². The molecular formula is C22H14BrNO5. The topological polar surface area (TPSA) is 83.9 Å². The van der Waals surface area contributed by atoms with Crippen LogP contribution in [0.5, 0.6) is 5.75 Å². The first-order chi connectivity index (χ1) is 14.0. The number of halogens is 1. The number of carbonyl (C=O) groups is 1. The molecule has 1 atom stereocenters. The molecule has 2 aromatic carbocycles. The van der Waals surface area contributed by atoms with Gasteiger partial charge in [-0.25, -0.2) is 0 Å². The van der Waals surface area contributed by atoms with Crippen molar-refractivity contribution < 1.29 is 18.7 Å². The second-order valence-electron chi connectivity index (χ2n) is 6.82. The molecule has 7 heteroatoms. The highest BCUT2D eigenvalue weighted by atomic mass is 79.9. The maximum atomic E-state index is 13.4. The Morgan fingerprint density at radius 1 is 1.07 bits per heavy atom. The molecule has 0 spiro atoms. The van der Waals surface area contributed by atoms with E-state index in [2.05, 4.69) is 15.9 Å². The molecule has 0 fully saturated rings. The molecular weight excluding hydrogens is 438 g/mol. The maximum absolute atomic E-state index is 13.4. The Morgan fingerprint density at radius 2 is 1.86 bits per heavy atom. The lowest BCUT2D eigenvalue weighted by molar-refractivity contribution is 0.0701. The van der Waals surface area contributed by atoms with E-state index in [0.29, 0.717) is 22.3 Å². The van der Waals surface area contributed by atoms with E-state index in [1.165, 1.54) is 18.4 Å². The maximum Gasteiger partial charge on any atom is 0.291 e. The molecule has 1 N–H and O–H groups in total. The van der Waals surface area contributed by atoms with E-state index < -0.39 is 6.04 Å². The minimum Gasteiger partial charge on any atom is -0.508 e. The summed E-state index contributed by atoms with van der Waals surface area (Å²) in [6.07, 6.45) is 1.54. The van der Waals surface area contributed by atoms with Crippen LogP contribution in [0, 0.1) is 0 Å². The van der Waals surface area contributed by atoms with Crippen LogP contribution in [0.3, 0.4) is 0 Å². The predicted molar refractivity (Wildman–Crippen MR) is 109 cm³/mol. The van der Waals surface area contributed by atoms with Crippen LogP contribution in [-0.2, 0) is 6.54 Å². The van der Waals surface area contributed by atoms with Gasteiger partial charge in [0.15, 0.2) is 5.43 Å². The average Bonchev–Trinajstić information content (AvgIpc) is 3.32. The van der Waals surface area contributed by atoms with Gasteiger partial charge in [0, 0.05) is 4.47 Å². The number of benzene rings is 2. The summed E-state index contributed by atoms with van der Waals surface area (Å²) < 4.78 is 12.1. The summed E-state index contributed by atoms with van der Waals surface area (Å²) in [5.74, 6) is 0.353. The van der Waals surface area contributed by atoms with Crippen molar-refractivity contribution in [3.8, 4) is 5.75 Å². The first kappa shape index (κ1) is 17.8. The Morgan fingerprint density at radius 3 is 2.59 bits per heavy atom. The highest BCUT2D eigenvalue weighted by Crippen LogP contribution is 2.39. The zero-order valence-corrected chi connectivity index (χ0v) is 16.5. The first-order valence-electron chi connectivity index (χ1n) is 8.91. The molecule has 0 bridgehead atoms. The summed E-state index contributed by atoms with van der Waals surface area (Å²) in [6, 6.07) is 14.4. The van der Waals surface area contributed by atoms with Gasteiger partial charge in [0.1, 0.15) is 17.1 Å². The van der Waals surface area contributed by atoms with Gasteiger partial charge >= 0.3 is 0 Å². The normalized spacial score (nSPS) is 15.8. The molecule has 0 saturated heterocycles. The van der Waals surface area contributed by atoms with Crippen LogP contribution in [0.2, 0.25) is 0 Å². The van der Waals surface area contributed by atoms with Crippen molar-refractivity contribution in [2.24, 2.45) is 0 Å². The number of phenolic OH excluding ortho intramolecular Hbond substituents is 1. The number of amides is 1. The van der Waals surface area contributed by atoms with Crippen molar-refractivity contribution in [3.05, 3.63) is 98.2 Å². The van der Waals surface area contributed by atoms with E-state index in [1.807, 2.05) is 0 Å². The first-order valence-corrected chi connectivity index (χ1v) is 9.71. The molecule has 1 aliphatic heterocycles. The molecule has 0 saturated carbocycles. The molecule has 2 aromatic heterocycles. The number of hydrogen-bond donors (Lipinski definition) is 1. The van der Waals surface area contributed by atoms with Crippen LogP contribution in [0.1, 0.15) is 33.5 Å². The fraction of sp³-hybridized carbons (Fsp3) is 0.0909. The summed E-state index contributed by atoms with van der Waals surface area (Å²) in [6.45, 7) is 0.182. The summed E-state index contributed by atoms with van der Waals surface area (Å²) in [4.78, 5) is 28.2. The van der Waals surface area contributed by atoms with E-state index in [4.69, 9.17) is 8.83 Å². The fourth-order valence-corrected chi connectivity index (χ4v) is 4.09. The number of aromatic hydroxyl groups is 1. The van der Waals surface area contributed by atoms with Gasteiger partial charge in [0.25, 0.3) is 5.91 Å². The molecule has 0 radical (unpaired) electrons. The van der Waals surface area contributed by atoms with Gasteiger partial charge in [0.05, 0.1) is 29.8 Å². The summed E-state index contributed by atoms with van der Waals surface area (Å²) >= 11 is 3.38. The number of hydrogen-bond acceptors (Lipinski definition) is 5. The van der Waals surface area contributed by atoms with Crippen LogP contribution >= 0.6 is 15.9 Å². The highest BCUT2D eigenvalue weighted by molar-refractivity contribution is 9.10. The number of furan rings is 1. The third kappa shape index (κ3) is 2.86. The lowest BCUT2D eigenvalue weighted by Gasteiger charge is -2.24. The summed E-state index contributed by atoms with van der Waals surface area (Å²) in [7, 11) is 0. The Balaban J connectivity index is 1.75. The molecule has 0 unspecified atom stereocenters. The van der Waals surface area contributed by atoms with Crippen molar-refractivity contribution in [2.45, 2.75) is 12.6 Å². The molecule has 1 aliphatic rings. The molecule has 1 amide bonds. The van der Waals surface area contributed by atoms with Gasteiger partial charge in [-0.3, -0.25) is 9.59 Å². The van der Waals surface area contributed by atoms with E-state index in [-0.39, 0.29) is 35.0 Å². The van der Waals surface area contributed by atoms with Gasteiger partial charge in [-0.05, 0) is 48.0 Å². The molecule has 29 heavy (non-hydrogen) atoms. The third-order valence-electron chi connectivity index (χ3n) is 5.04. The van der Waals surface area contributed by atoms with Crippen molar-refractivity contribution in [1.29, 1.82) is 0 Å². The van der Waals surface area contributed by atoms with Gasteiger partial charge in [-0.15, -0.1) is 0 Å². The Bertz CT molecular complexity index is 1290. The molecule has 4 aromatic rings. The van der Waals surface area contributed by atoms with Crippen LogP contribution < -0.4 is 5.43 Å². The van der Waals surface area contributed by atoms with E-state index in [9.17, 15) is 14.7 Å². The molecule has 6 nitrogen and oxygen atoms in total. The van der Waals surface area contributed by atoms with Crippen LogP contribution in [0.15, 0.2) is 79.0 Å². The zero-order chi connectivity index (χ0) is 20.1. The third-order valence-corrected chi connectivity index (χ3v) is 5.54. The molecule has 0 aliphatic carbocycles. The van der Waals surface area contributed by atoms with E-state index in [0.717, 1.165) is 4.47 Å². The largest absolute Gasteiger partial charge is 0.508 e. The van der Waals surface area contributed by atoms with Crippen molar-refractivity contribution in [2.75, 3.05) is 0 Å². The quantitative estimate of drug-likeness (QED) is 0.491. The highest BCUT2D eigenvalue weighted by Gasteiger charge is 2.43. The van der Waals surface area contributed by atoms with Crippen LogP contribution in [-0.4, -0.2) is 15.9 Å². The average molecular weight is 452 g/mol. The lowest BCUT2D eigenvalue weighted by atomic mass is 9.98. The second kappa shape index (κ2) is 6.63. The van der Waals surface area contributed by atoms with Crippen LogP contribution in [0.4, 0.5) is 0 Å². The van der Waals surface area contributed by atoms with Crippen molar-refractivity contribution in [1.82, 2.24) is 4.90 Å². The standard InChI is InChI=1S/C22H14BrNO5/c23-13-5-8-17-16(10-13)20(26)18-19(12-3-6-14(25)7-4-12)24(22(27)21(18)29-17)11-15-2-1-9-28-15/h1-10,19,25H,11H2/t19-/m1/s1. The van der Waals surface area contributed by atoms with Gasteiger partial charge < -0.3 is 18.8 Å².